The van der Waals surface area contributed by atoms with Crippen molar-refractivity contribution in [2.45, 2.75) is 51.1 Å². The Balaban J connectivity index is 1.44. The Morgan fingerprint density at radius 3 is 2.78 bits per heavy atom. The minimum atomic E-state index is -0.429. The van der Waals surface area contributed by atoms with Crippen LogP contribution in [0.4, 0.5) is 28.8 Å². The molecule has 3 heterocycles. The standard InChI is InChI=1S/C27H25ClN8O/c1-16-26(37)36(21-8-9-22(28)17(12-21)13-29)24-15-30-27(32-19-7-10-23-18(11-19)14-31-34-23)33-25(24)35(16)20-5-3-2-4-6-20/h7-12,14-16,20H,2-6H2,1H3,(H,31,34)(H,30,32,33)/t16-/m1/s1. The van der Waals surface area contributed by atoms with Crippen LogP contribution in [0.25, 0.3) is 10.9 Å². The zero-order chi connectivity index (χ0) is 25.5. The molecule has 0 spiro atoms. The third-order valence-electron chi connectivity index (χ3n) is 7.22. The van der Waals surface area contributed by atoms with Crippen LogP contribution in [0.15, 0.2) is 48.8 Å². The van der Waals surface area contributed by atoms with Gasteiger partial charge in [-0.15, -0.1) is 0 Å². The second-order valence-corrected chi connectivity index (χ2v) is 9.93. The van der Waals surface area contributed by atoms with E-state index in [2.05, 4.69) is 31.5 Å². The van der Waals surface area contributed by atoms with E-state index in [-0.39, 0.29) is 11.9 Å². The lowest BCUT2D eigenvalue weighted by atomic mass is 9.92. The van der Waals surface area contributed by atoms with Gasteiger partial charge in [0.25, 0.3) is 5.91 Å². The van der Waals surface area contributed by atoms with Gasteiger partial charge in [0, 0.05) is 17.1 Å². The number of anilines is 5. The molecular weight excluding hydrogens is 488 g/mol. The fraction of sp³-hybridized carbons (Fsp3) is 0.296. The molecule has 0 bridgehead atoms. The van der Waals surface area contributed by atoms with E-state index in [1.165, 1.54) is 6.42 Å². The van der Waals surface area contributed by atoms with Crippen molar-refractivity contribution >= 4 is 57.2 Å². The number of aromatic nitrogens is 4. The van der Waals surface area contributed by atoms with Crippen LogP contribution in [0.2, 0.25) is 5.02 Å². The van der Waals surface area contributed by atoms with Gasteiger partial charge < -0.3 is 10.2 Å². The highest BCUT2D eigenvalue weighted by Crippen LogP contribution is 2.43. The van der Waals surface area contributed by atoms with Crippen LogP contribution in [0.3, 0.4) is 0 Å². The summed E-state index contributed by atoms with van der Waals surface area (Å²) in [6, 6.07) is 12.8. The molecule has 1 aliphatic heterocycles. The largest absolute Gasteiger partial charge is 0.340 e. The quantitative estimate of drug-likeness (QED) is 0.353. The summed E-state index contributed by atoms with van der Waals surface area (Å²) in [6.07, 6.45) is 8.95. The van der Waals surface area contributed by atoms with Gasteiger partial charge in [-0.25, -0.2) is 4.98 Å². The molecule has 1 aliphatic carbocycles. The van der Waals surface area contributed by atoms with Crippen LogP contribution < -0.4 is 15.1 Å². The molecule has 37 heavy (non-hydrogen) atoms. The zero-order valence-corrected chi connectivity index (χ0v) is 21.0. The van der Waals surface area contributed by atoms with Crippen molar-refractivity contribution in [1.82, 2.24) is 20.2 Å². The van der Waals surface area contributed by atoms with Crippen molar-refractivity contribution in [3.8, 4) is 6.07 Å². The van der Waals surface area contributed by atoms with E-state index in [1.54, 1.807) is 35.5 Å². The Kier molecular flexibility index (Phi) is 5.89. The van der Waals surface area contributed by atoms with E-state index < -0.39 is 6.04 Å². The third kappa shape index (κ3) is 4.13. The molecule has 0 radical (unpaired) electrons. The number of amides is 1. The fourth-order valence-corrected chi connectivity index (χ4v) is 5.54. The first-order valence-electron chi connectivity index (χ1n) is 12.4. The molecule has 2 aliphatic rings. The van der Waals surface area contributed by atoms with Crippen LogP contribution in [0, 0.1) is 11.3 Å². The van der Waals surface area contributed by atoms with Gasteiger partial charge in [-0.3, -0.25) is 14.8 Å². The summed E-state index contributed by atoms with van der Waals surface area (Å²) in [5.74, 6) is 1.06. The van der Waals surface area contributed by atoms with Crippen LogP contribution in [-0.2, 0) is 4.79 Å². The molecule has 9 nitrogen and oxygen atoms in total. The number of nitrogens with zero attached hydrogens (tertiary/aromatic N) is 6. The Labute approximate surface area is 219 Å². The number of aromatic amines is 1. The number of fused-ring (bicyclic) bond motifs is 2. The highest BCUT2D eigenvalue weighted by molar-refractivity contribution is 6.31. The van der Waals surface area contributed by atoms with Crippen molar-refractivity contribution in [3.05, 3.63) is 59.4 Å². The number of hydrogen-bond donors (Lipinski definition) is 2. The second kappa shape index (κ2) is 9.37. The average Bonchev–Trinajstić information content (AvgIpc) is 3.39. The number of nitrogens with one attached hydrogen (secondary N) is 2. The van der Waals surface area contributed by atoms with Crippen LogP contribution in [0.1, 0.15) is 44.6 Å². The van der Waals surface area contributed by atoms with Gasteiger partial charge in [-0.1, -0.05) is 30.9 Å². The lowest BCUT2D eigenvalue weighted by Crippen LogP contribution is -2.55. The number of halogens is 1. The van der Waals surface area contributed by atoms with E-state index in [0.29, 0.717) is 33.7 Å². The minimum Gasteiger partial charge on any atom is -0.340 e. The summed E-state index contributed by atoms with van der Waals surface area (Å²) in [5.41, 5.74) is 3.26. The number of carbonyl (C=O) groups excluding carboxylic acids is 1. The van der Waals surface area contributed by atoms with Gasteiger partial charge in [-0.2, -0.15) is 15.3 Å². The van der Waals surface area contributed by atoms with Gasteiger partial charge >= 0.3 is 0 Å². The Morgan fingerprint density at radius 1 is 1.14 bits per heavy atom. The first-order valence-corrected chi connectivity index (χ1v) is 12.8. The lowest BCUT2D eigenvalue weighted by molar-refractivity contribution is -0.119. The maximum absolute atomic E-state index is 13.8. The molecule has 1 saturated carbocycles. The van der Waals surface area contributed by atoms with Gasteiger partial charge in [-0.05, 0) is 56.2 Å². The zero-order valence-electron chi connectivity index (χ0n) is 20.3. The predicted octanol–water partition coefficient (Wildman–Crippen LogP) is 5.83. The SMILES string of the molecule is C[C@@H]1C(=O)N(c2ccc(Cl)c(C#N)c2)c2cnc(Nc3ccc4[nH]ncc4c3)nc2N1C1CCCCC1. The molecule has 2 N–H and O–H groups in total. The molecule has 1 fully saturated rings. The van der Waals surface area contributed by atoms with Gasteiger partial charge in [0.15, 0.2) is 5.82 Å². The van der Waals surface area contributed by atoms with Crippen LogP contribution in [-0.4, -0.2) is 38.2 Å². The number of hydrogen-bond acceptors (Lipinski definition) is 7. The molecule has 0 unspecified atom stereocenters. The number of H-pyrrole nitrogens is 1. The number of carbonyl (C=O) groups is 1. The smallest absolute Gasteiger partial charge is 0.254 e. The van der Waals surface area contributed by atoms with E-state index in [0.717, 1.165) is 42.3 Å². The van der Waals surface area contributed by atoms with Crippen molar-refractivity contribution < 1.29 is 4.79 Å². The average molecular weight is 513 g/mol. The van der Waals surface area contributed by atoms with Crippen LogP contribution >= 0.6 is 11.6 Å². The summed E-state index contributed by atoms with van der Waals surface area (Å²) >= 11 is 6.18. The maximum Gasteiger partial charge on any atom is 0.254 e. The molecule has 2 aromatic heterocycles. The van der Waals surface area contributed by atoms with E-state index in [4.69, 9.17) is 16.6 Å². The highest BCUT2D eigenvalue weighted by atomic mass is 35.5. The lowest BCUT2D eigenvalue weighted by Gasteiger charge is -2.45. The molecule has 6 rings (SSSR count). The van der Waals surface area contributed by atoms with E-state index in [9.17, 15) is 10.1 Å². The Morgan fingerprint density at radius 2 is 1.97 bits per heavy atom. The summed E-state index contributed by atoms with van der Waals surface area (Å²) in [4.78, 5) is 27.1. The molecule has 1 atom stereocenters. The van der Waals surface area contributed by atoms with Gasteiger partial charge in [0.05, 0.1) is 34.2 Å². The second-order valence-electron chi connectivity index (χ2n) is 9.52. The minimum absolute atomic E-state index is 0.0843. The van der Waals surface area contributed by atoms with E-state index >= 15 is 0 Å². The molecule has 1 amide bonds. The maximum atomic E-state index is 13.8. The van der Waals surface area contributed by atoms with E-state index in [1.807, 2.05) is 25.1 Å². The Bertz CT molecular complexity index is 1540. The summed E-state index contributed by atoms with van der Waals surface area (Å²) < 4.78 is 0. The number of rotatable bonds is 4. The summed E-state index contributed by atoms with van der Waals surface area (Å²) in [5, 5.41) is 21.2. The topological polar surface area (TPSA) is 114 Å². The van der Waals surface area contributed by atoms with Gasteiger partial charge in [0.1, 0.15) is 17.8 Å². The molecule has 4 aromatic rings. The predicted molar refractivity (Wildman–Crippen MR) is 144 cm³/mol. The van der Waals surface area contributed by atoms with Gasteiger partial charge in [0.2, 0.25) is 5.95 Å². The van der Waals surface area contributed by atoms with Crippen molar-refractivity contribution in [2.75, 3.05) is 15.1 Å². The molecule has 10 heteroatoms. The molecule has 186 valence electrons. The number of benzene rings is 2. The molecule has 0 saturated heterocycles. The summed E-state index contributed by atoms with van der Waals surface area (Å²) in [6.45, 7) is 1.93. The van der Waals surface area contributed by atoms with Crippen molar-refractivity contribution in [1.29, 1.82) is 5.26 Å². The molecular formula is C27H25ClN8O. The number of nitriles is 1. The fourth-order valence-electron chi connectivity index (χ4n) is 5.38. The molecule has 2 aromatic carbocycles. The van der Waals surface area contributed by atoms with Crippen molar-refractivity contribution in [3.63, 3.8) is 0 Å². The highest BCUT2D eigenvalue weighted by Gasteiger charge is 2.41. The first-order chi connectivity index (χ1) is 18.0. The first kappa shape index (κ1) is 23.3. The van der Waals surface area contributed by atoms with Crippen LogP contribution in [0.5, 0.6) is 0 Å². The Hall–Kier alpha value is -4.16. The normalized spacial score (nSPS) is 18.1. The monoisotopic (exact) mass is 512 g/mol. The van der Waals surface area contributed by atoms with Crippen molar-refractivity contribution in [2.24, 2.45) is 0 Å². The summed E-state index contributed by atoms with van der Waals surface area (Å²) in [7, 11) is 0. The third-order valence-corrected chi connectivity index (χ3v) is 7.55.